The molecule has 6 nitrogen and oxygen atoms in total. The van der Waals surface area contributed by atoms with E-state index in [0.717, 1.165) is 4.90 Å². The zero-order chi connectivity index (χ0) is 13.4. The summed E-state index contributed by atoms with van der Waals surface area (Å²) in [6, 6.07) is -0.778. The van der Waals surface area contributed by atoms with Crippen molar-refractivity contribution in [2.24, 2.45) is 0 Å². The van der Waals surface area contributed by atoms with Crippen LogP contribution in [0.25, 0.3) is 0 Å². The van der Waals surface area contributed by atoms with Gasteiger partial charge in [0.15, 0.2) is 11.6 Å². The van der Waals surface area contributed by atoms with Crippen LogP contribution < -0.4 is 0 Å². The van der Waals surface area contributed by atoms with E-state index in [9.17, 15) is 19.4 Å². The zero-order valence-electron chi connectivity index (χ0n) is 9.67. The Morgan fingerprint density at radius 2 is 2.28 bits per heavy atom. The number of hydrogen-bond acceptors (Lipinski definition) is 4. The quantitative estimate of drug-likeness (QED) is 0.697. The summed E-state index contributed by atoms with van der Waals surface area (Å²) in [5.74, 6) is -1.47. The average Bonchev–Trinajstić information content (AvgIpc) is 2.68. The molecule has 1 aliphatic heterocycles. The Morgan fingerprint density at radius 1 is 1.61 bits per heavy atom. The number of β-amino-alcohol motifs (C(OH)–C–C–N with tert-alkyl or cyclic N) is 1. The van der Waals surface area contributed by atoms with E-state index in [0.29, 0.717) is 0 Å². The maximum Gasteiger partial charge on any atom is 0.407 e. The predicted octanol–water partition coefficient (Wildman–Crippen LogP) is 1.02. The third-order valence-corrected chi connectivity index (χ3v) is 3.08. The minimum absolute atomic E-state index is 0.0386. The molecule has 1 saturated heterocycles. The Kier molecular flexibility index (Phi) is 3.08. The number of hydrogen-bond donors (Lipinski definition) is 3. The van der Waals surface area contributed by atoms with E-state index >= 15 is 0 Å². The first-order valence-corrected chi connectivity index (χ1v) is 5.43. The van der Waals surface area contributed by atoms with E-state index in [1.807, 2.05) is 0 Å². The molecule has 0 radical (unpaired) electrons. The first-order valence-electron chi connectivity index (χ1n) is 5.43. The molecular formula is C11H13FN2O4. The lowest BCUT2D eigenvalue weighted by molar-refractivity contribution is 0.131. The number of rotatable bonds is 1. The second kappa shape index (κ2) is 4.41. The van der Waals surface area contributed by atoms with Crippen LogP contribution in [0.3, 0.4) is 0 Å². The van der Waals surface area contributed by atoms with Crippen LogP contribution in [0.15, 0.2) is 6.20 Å². The summed E-state index contributed by atoms with van der Waals surface area (Å²) < 4.78 is 13.5. The standard InChI is InChI=1S/C11H13FN2O4/c1-5-9(12)10(16)7(3-13-5)8-2-6(15)4-14(8)11(17)18/h3,6,8,15H,2,4H2,1H3,(H,13,16)(H,17,18)/t6-,8+/m1/s1. The molecule has 0 saturated carbocycles. The van der Waals surface area contributed by atoms with Gasteiger partial charge < -0.3 is 15.3 Å². The van der Waals surface area contributed by atoms with Crippen LogP contribution in [0.2, 0.25) is 0 Å². The normalized spacial score (nSPS) is 23.4. The van der Waals surface area contributed by atoms with Gasteiger partial charge in [-0.25, -0.2) is 9.18 Å². The number of amides is 1. The monoisotopic (exact) mass is 256 g/mol. The van der Waals surface area contributed by atoms with Gasteiger partial charge in [0, 0.05) is 11.8 Å². The molecule has 1 amide bonds. The molecule has 3 N–H and O–H groups in total. The van der Waals surface area contributed by atoms with Gasteiger partial charge >= 0.3 is 6.09 Å². The van der Waals surface area contributed by atoms with E-state index in [-0.39, 0.29) is 24.2 Å². The van der Waals surface area contributed by atoms with Crippen molar-refractivity contribution >= 4 is 6.09 Å². The van der Waals surface area contributed by atoms with Crippen molar-refractivity contribution in [1.29, 1.82) is 0 Å². The number of aliphatic hydroxyl groups is 1. The number of aromatic hydroxyl groups is 1. The fourth-order valence-corrected chi connectivity index (χ4v) is 2.15. The van der Waals surface area contributed by atoms with Gasteiger partial charge in [-0.3, -0.25) is 9.88 Å². The number of aliphatic hydroxyl groups excluding tert-OH is 1. The van der Waals surface area contributed by atoms with Crippen LogP contribution in [-0.4, -0.2) is 43.9 Å². The summed E-state index contributed by atoms with van der Waals surface area (Å²) in [6.45, 7) is 1.34. The SMILES string of the molecule is Cc1ncc([C@@H]2C[C@@H](O)CN2C(=O)O)c(O)c1F. The predicted molar refractivity (Wildman–Crippen MR) is 58.7 cm³/mol. The van der Waals surface area contributed by atoms with Crippen molar-refractivity contribution < 1.29 is 24.5 Å². The molecular weight excluding hydrogens is 243 g/mol. The lowest BCUT2D eigenvalue weighted by Gasteiger charge is -2.22. The highest BCUT2D eigenvalue weighted by molar-refractivity contribution is 5.66. The van der Waals surface area contributed by atoms with Crippen LogP contribution in [-0.2, 0) is 0 Å². The van der Waals surface area contributed by atoms with Crippen LogP contribution in [0.1, 0.15) is 23.7 Å². The lowest BCUT2D eigenvalue weighted by atomic mass is 10.0. The fraction of sp³-hybridized carbons (Fsp3) is 0.455. The van der Waals surface area contributed by atoms with E-state index in [1.165, 1.54) is 13.1 Å². The van der Waals surface area contributed by atoms with Crippen LogP contribution in [0.5, 0.6) is 5.75 Å². The van der Waals surface area contributed by atoms with E-state index in [2.05, 4.69) is 4.98 Å². The molecule has 0 aliphatic carbocycles. The fourth-order valence-electron chi connectivity index (χ4n) is 2.15. The lowest BCUT2D eigenvalue weighted by Crippen LogP contribution is -2.30. The topological polar surface area (TPSA) is 93.9 Å². The molecule has 18 heavy (non-hydrogen) atoms. The third kappa shape index (κ3) is 1.97. The van der Waals surface area contributed by atoms with Gasteiger partial charge in [0.1, 0.15) is 0 Å². The summed E-state index contributed by atoms with van der Waals surface area (Å²) in [4.78, 5) is 15.7. The van der Waals surface area contributed by atoms with Gasteiger partial charge in [-0.2, -0.15) is 0 Å². The summed E-state index contributed by atoms with van der Waals surface area (Å²) in [6.07, 6.45) is -0.692. The van der Waals surface area contributed by atoms with Gasteiger partial charge in [-0.15, -0.1) is 0 Å². The van der Waals surface area contributed by atoms with Crippen molar-refractivity contribution in [3.63, 3.8) is 0 Å². The molecule has 2 heterocycles. The Bertz CT molecular complexity index is 494. The van der Waals surface area contributed by atoms with Crippen molar-refractivity contribution in [3.05, 3.63) is 23.3 Å². The van der Waals surface area contributed by atoms with Gasteiger partial charge in [-0.1, -0.05) is 0 Å². The van der Waals surface area contributed by atoms with E-state index in [4.69, 9.17) is 5.11 Å². The Labute approximate surface area is 102 Å². The molecule has 1 aliphatic rings. The van der Waals surface area contributed by atoms with Gasteiger partial charge in [0.2, 0.25) is 0 Å². The Hall–Kier alpha value is -1.89. The number of aromatic nitrogens is 1. The van der Waals surface area contributed by atoms with Crippen molar-refractivity contribution in [2.45, 2.75) is 25.5 Å². The number of likely N-dealkylation sites (tertiary alicyclic amines) is 1. The summed E-state index contributed by atoms with van der Waals surface area (Å²) in [5.41, 5.74) is 0.119. The zero-order valence-corrected chi connectivity index (χ0v) is 9.67. The number of halogens is 1. The summed E-state index contributed by atoms with van der Waals surface area (Å²) in [5, 5.41) is 28.2. The molecule has 0 aromatic carbocycles. The third-order valence-electron chi connectivity index (χ3n) is 3.08. The molecule has 0 unspecified atom stereocenters. The van der Waals surface area contributed by atoms with Gasteiger partial charge in [0.05, 0.1) is 24.4 Å². The number of nitrogens with zero attached hydrogens (tertiary/aromatic N) is 2. The van der Waals surface area contributed by atoms with Crippen LogP contribution in [0.4, 0.5) is 9.18 Å². The number of carboxylic acid groups (broad SMARTS) is 1. The molecule has 2 rings (SSSR count). The maximum absolute atomic E-state index is 13.5. The van der Waals surface area contributed by atoms with E-state index < -0.39 is 29.8 Å². The number of aryl methyl sites for hydroxylation is 1. The molecule has 7 heteroatoms. The smallest absolute Gasteiger partial charge is 0.407 e. The highest BCUT2D eigenvalue weighted by Crippen LogP contribution is 2.37. The molecule has 0 spiro atoms. The molecule has 1 fully saturated rings. The van der Waals surface area contributed by atoms with Gasteiger partial charge in [0.25, 0.3) is 0 Å². The van der Waals surface area contributed by atoms with E-state index in [1.54, 1.807) is 0 Å². The average molecular weight is 256 g/mol. The summed E-state index contributed by atoms with van der Waals surface area (Å²) >= 11 is 0. The highest BCUT2D eigenvalue weighted by Gasteiger charge is 2.37. The molecule has 2 atom stereocenters. The van der Waals surface area contributed by atoms with Gasteiger partial charge in [-0.05, 0) is 13.3 Å². The first kappa shape index (κ1) is 12.6. The number of pyridine rings is 1. The molecule has 1 aromatic rings. The minimum atomic E-state index is -1.23. The largest absolute Gasteiger partial charge is 0.504 e. The Balaban J connectivity index is 2.42. The number of carbonyl (C=O) groups is 1. The van der Waals surface area contributed by atoms with Crippen molar-refractivity contribution in [3.8, 4) is 5.75 Å². The molecule has 0 bridgehead atoms. The second-order valence-electron chi connectivity index (χ2n) is 4.30. The molecule has 98 valence electrons. The second-order valence-corrected chi connectivity index (χ2v) is 4.30. The maximum atomic E-state index is 13.5. The van der Waals surface area contributed by atoms with Crippen LogP contribution >= 0.6 is 0 Å². The van der Waals surface area contributed by atoms with Crippen LogP contribution in [0, 0.1) is 12.7 Å². The first-order chi connectivity index (χ1) is 8.41. The van der Waals surface area contributed by atoms with Crippen molar-refractivity contribution in [1.82, 2.24) is 9.88 Å². The Morgan fingerprint density at radius 3 is 2.89 bits per heavy atom. The van der Waals surface area contributed by atoms with Crippen molar-refractivity contribution in [2.75, 3.05) is 6.54 Å². The minimum Gasteiger partial charge on any atom is -0.504 e. The highest BCUT2D eigenvalue weighted by atomic mass is 19.1. The molecule has 1 aromatic heterocycles. The summed E-state index contributed by atoms with van der Waals surface area (Å²) in [7, 11) is 0.